The minimum absolute atomic E-state index is 0.123. The van der Waals surface area contributed by atoms with Gasteiger partial charge in [-0.2, -0.15) is 0 Å². The van der Waals surface area contributed by atoms with Crippen LogP contribution in [0.25, 0.3) is 0 Å². The van der Waals surface area contributed by atoms with Crippen molar-refractivity contribution in [3.63, 3.8) is 0 Å². The third-order valence-electron chi connectivity index (χ3n) is 5.61. The lowest BCUT2D eigenvalue weighted by Crippen LogP contribution is -2.54. The van der Waals surface area contributed by atoms with Crippen molar-refractivity contribution in [2.24, 2.45) is 5.92 Å². The number of rotatable bonds is 5. The quantitative estimate of drug-likeness (QED) is 0.899. The Morgan fingerprint density at radius 1 is 1.12 bits per heavy atom. The summed E-state index contributed by atoms with van der Waals surface area (Å²) in [6, 6.07) is 6.40. The average Bonchev–Trinajstić information content (AvgIpc) is 3.30. The Kier molecular flexibility index (Phi) is 4.69. The number of hydrogen-bond donors (Lipinski definition) is 1. The first-order valence-corrected chi connectivity index (χ1v) is 9.51. The summed E-state index contributed by atoms with van der Waals surface area (Å²) in [7, 11) is 0. The predicted molar refractivity (Wildman–Crippen MR) is 94.9 cm³/mol. The zero-order valence-electron chi connectivity index (χ0n) is 14.4. The molecule has 5 heteroatoms. The maximum atomic E-state index is 12.9. The first-order chi connectivity index (χ1) is 11.8. The van der Waals surface area contributed by atoms with E-state index >= 15 is 0 Å². The minimum Gasteiger partial charge on any atom is -0.355 e. The summed E-state index contributed by atoms with van der Waals surface area (Å²) >= 11 is 0. The number of carbonyl (C=O) groups excluding carboxylic acids is 1. The van der Waals surface area contributed by atoms with Crippen molar-refractivity contribution in [2.75, 3.05) is 31.1 Å². The molecule has 130 valence electrons. The van der Waals surface area contributed by atoms with Gasteiger partial charge >= 0.3 is 0 Å². The maximum Gasteiger partial charge on any atom is 0.237 e. The van der Waals surface area contributed by atoms with Gasteiger partial charge in [-0.25, -0.2) is 4.98 Å². The molecule has 1 aromatic heterocycles. The summed E-state index contributed by atoms with van der Waals surface area (Å²) in [6.07, 6.45) is 8.96. The average molecular weight is 328 g/mol. The molecule has 0 radical (unpaired) electrons. The van der Waals surface area contributed by atoms with E-state index in [2.05, 4.69) is 26.2 Å². The van der Waals surface area contributed by atoms with E-state index in [1.165, 1.54) is 25.7 Å². The molecule has 0 bridgehead atoms. The van der Waals surface area contributed by atoms with Crippen molar-refractivity contribution in [3.8, 4) is 0 Å². The van der Waals surface area contributed by atoms with Crippen molar-refractivity contribution in [3.05, 3.63) is 24.4 Å². The Balaban J connectivity index is 1.37. The van der Waals surface area contributed by atoms with Gasteiger partial charge in [0.2, 0.25) is 5.91 Å². The molecule has 5 nitrogen and oxygen atoms in total. The lowest BCUT2D eigenvalue weighted by Gasteiger charge is -2.35. The zero-order valence-corrected chi connectivity index (χ0v) is 14.4. The molecule has 2 aliphatic heterocycles. The molecule has 0 unspecified atom stereocenters. The van der Waals surface area contributed by atoms with E-state index in [1.807, 2.05) is 18.3 Å². The first-order valence-electron chi connectivity index (χ1n) is 9.51. The van der Waals surface area contributed by atoms with E-state index < -0.39 is 0 Å². The second kappa shape index (κ2) is 7.09. The minimum atomic E-state index is 0.123. The molecule has 3 heterocycles. The number of piperidine rings is 1. The first kappa shape index (κ1) is 15.9. The number of hydrogen-bond acceptors (Lipinski definition) is 4. The van der Waals surface area contributed by atoms with Crippen LogP contribution in [-0.4, -0.2) is 54.1 Å². The summed E-state index contributed by atoms with van der Waals surface area (Å²) in [5.74, 6) is 1.89. The predicted octanol–water partition coefficient (Wildman–Crippen LogP) is 2.04. The van der Waals surface area contributed by atoms with Crippen LogP contribution in [0.4, 0.5) is 5.82 Å². The number of aromatic nitrogens is 1. The lowest BCUT2D eigenvalue weighted by atomic mass is 10.0. The third-order valence-corrected chi connectivity index (χ3v) is 5.61. The summed E-state index contributed by atoms with van der Waals surface area (Å²) in [5.41, 5.74) is 0. The number of carbonyl (C=O) groups is 1. The number of likely N-dealkylation sites (tertiary alicyclic amines) is 1. The van der Waals surface area contributed by atoms with E-state index in [4.69, 9.17) is 0 Å². The molecule has 2 atom stereocenters. The van der Waals surface area contributed by atoms with Crippen LogP contribution >= 0.6 is 0 Å². The highest BCUT2D eigenvalue weighted by Crippen LogP contribution is 2.36. The molecule has 3 aliphatic rings. The molecule has 0 spiro atoms. The van der Waals surface area contributed by atoms with Gasteiger partial charge in [-0.3, -0.25) is 9.69 Å². The fourth-order valence-corrected chi connectivity index (χ4v) is 4.24. The summed E-state index contributed by atoms with van der Waals surface area (Å²) < 4.78 is 0. The monoisotopic (exact) mass is 328 g/mol. The Morgan fingerprint density at radius 3 is 2.67 bits per heavy atom. The molecule has 1 saturated carbocycles. The summed E-state index contributed by atoms with van der Waals surface area (Å²) in [6.45, 7) is 4.10. The van der Waals surface area contributed by atoms with Gasteiger partial charge < -0.3 is 10.2 Å². The standard InChI is InChI=1S/C19H28N4O/c24-19(18(15-8-9-15)22-11-3-4-12-22)21-16-6-5-13-23(14-16)17-7-1-2-10-20-17/h1-2,7,10,15-16,18H,3-6,8-9,11-14H2,(H,21,24)/t16-,18-/m1/s1. The molecule has 1 N–H and O–H groups in total. The molecule has 24 heavy (non-hydrogen) atoms. The molecule has 1 aromatic rings. The van der Waals surface area contributed by atoms with Crippen molar-refractivity contribution in [2.45, 2.75) is 50.6 Å². The molecular weight excluding hydrogens is 300 g/mol. The van der Waals surface area contributed by atoms with E-state index in [1.54, 1.807) is 0 Å². The number of nitrogens with one attached hydrogen (secondary N) is 1. The second-order valence-corrected chi connectivity index (χ2v) is 7.51. The van der Waals surface area contributed by atoms with Gasteiger partial charge in [0, 0.05) is 25.3 Å². The van der Waals surface area contributed by atoms with Gasteiger partial charge in [-0.15, -0.1) is 0 Å². The van der Waals surface area contributed by atoms with Crippen LogP contribution in [0.2, 0.25) is 0 Å². The third kappa shape index (κ3) is 3.56. The fourth-order valence-electron chi connectivity index (χ4n) is 4.24. The van der Waals surface area contributed by atoms with Gasteiger partial charge in [-0.05, 0) is 69.7 Å². The van der Waals surface area contributed by atoms with Gasteiger partial charge in [0.25, 0.3) is 0 Å². The zero-order chi connectivity index (χ0) is 16.4. The van der Waals surface area contributed by atoms with Crippen LogP contribution in [0.5, 0.6) is 0 Å². The highest BCUT2D eigenvalue weighted by atomic mass is 16.2. The van der Waals surface area contributed by atoms with Crippen LogP contribution in [0.3, 0.4) is 0 Å². The molecular formula is C19H28N4O. The second-order valence-electron chi connectivity index (χ2n) is 7.51. The fraction of sp³-hybridized carbons (Fsp3) is 0.684. The highest BCUT2D eigenvalue weighted by molar-refractivity contribution is 5.83. The number of amides is 1. The molecule has 1 aliphatic carbocycles. The van der Waals surface area contributed by atoms with Crippen molar-refractivity contribution >= 4 is 11.7 Å². The SMILES string of the molecule is O=C(N[C@@H]1CCCN(c2ccccn2)C1)[C@@H](C1CC1)N1CCCC1. The smallest absolute Gasteiger partial charge is 0.237 e. The van der Waals surface area contributed by atoms with Crippen molar-refractivity contribution in [1.82, 2.24) is 15.2 Å². The maximum absolute atomic E-state index is 12.9. The highest BCUT2D eigenvalue weighted by Gasteiger charge is 2.41. The Hall–Kier alpha value is -1.62. The van der Waals surface area contributed by atoms with Crippen LogP contribution in [-0.2, 0) is 4.79 Å². The van der Waals surface area contributed by atoms with Crippen LogP contribution in [0, 0.1) is 5.92 Å². The van der Waals surface area contributed by atoms with Crippen molar-refractivity contribution in [1.29, 1.82) is 0 Å². The Labute approximate surface area is 144 Å². The molecule has 0 aromatic carbocycles. The molecule has 3 fully saturated rings. The van der Waals surface area contributed by atoms with Crippen LogP contribution in [0.15, 0.2) is 24.4 Å². The van der Waals surface area contributed by atoms with Crippen LogP contribution in [0.1, 0.15) is 38.5 Å². The summed E-state index contributed by atoms with van der Waals surface area (Å²) in [4.78, 5) is 22.1. The van der Waals surface area contributed by atoms with Gasteiger partial charge in [0.1, 0.15) is 5.82 Å². The van der Waals surface area contributed by atoms with E-state index in [9.17, 15) is 4.79 Å². The van der Waals surface area contributed by atoms with Gasteiger partial charge in [0.15, 0.2) is 0 Å². The van der Waals surface area contributed by atoms with E-state index in [0.717, 1.165) is 44.8 Å². The normalized spacial score (nSPS) is 26.3. The summed E-state index contributed by atoms with van der Waals surface area (Å²) in [5, 5.41) is 3.37. The van der Waals surface area contributed by atoms with E-state index in [0.29, 0.717) is 5.92 Å². The van der Waals surface area contributed by atoms with Crippen molar-refractivity contribution < 1.29 is 4.79 Å². The Bertz CT molecular complexity index is 554. The largest absolute Gasteiger partial charge is 0.355 e. The van der Waals surface area contributed by atoms with Crippen LogP contribution < -0.4 is 10.2 Å². The Morgan fingerprint density at radius 2 is 1.96 bits per heavy atom. The lowest BCUT2D eigenvalue weighted by molar-refractivity contribution is -0.127. The number of pyridine rings is 1. The van der Waals surface area contributed by atoms with Gasteiger partial charge in [0.05, 0.1) is 6.04 Å². The van der Waals surface area contributed by atoms with Gasteiger partial charge in [-0.1, -0.05) is 6.07 Å². The number of anilines is 1. The molecule has 4 rings (SSSR count). The number of nitrogens with zero attached hydrogens (tertiary/aromatic N) is 3. The molecule has 1 amide bonds. The van der Waals surface area contributed by atoms with E-state index in [-0.39, 0.29) is 18.0 Å². The molecule has 2 saturated heterocycles. The topological polar surface area (TPSA) is 48.5 Å².